The van der Waals surface area contributed by atoms with Crippen LogP contribution in [0.1, 0.15) is 113 Å². The van der Waals surface area contributed by atoms with Gasteiger partial charge in [0.25, 0.3) is 0 Å². The van der Waals surface area contributed by atoms with E-state index in [0.717, 1.165) is 73.0 Å². The number of nitrogens with zero attached hydrogens (tertiary/aromatic N) is 4. The van der Waals surface area contributed by atoms with Crippen LogP contribution in [0.15, 0.2) is 12.1 Å². The van der Waals surface area contributed by atoms with E-state index in [1.54, 1.807) is 11.3 Å². The van der Waals surface area contributed by atoms with Gasteiger partial charge in [-0.1, -0.05) is 26.7 Å². The molecule has 9 heteroatoms. The van der Waals surface area contributed by atoms with E-state index >= 15 is 0 Å². The van der Waals surface area contributed by atoms with Gasteiger partial charge < -0.3 is 15.2 Å². The van der Waals surface area contributed by atoms with Crippen molar-refractivity contribution in [2.75, 3.05) is 11.9 Å². The van der Waals surface area contributed by atoms with Crippen LogP contribution in [-0.2, 0) is 9.59 Å². The number of hydrogen-bond donors (Lipinski definition) is 2. The largest absolute Gasteiger partial charge is 0.348 e. The van der Waals surface area contributed by atoms with Gasteiger partial charge in [0.15, 0.2) is 0 Å². The van der Waals surface area contributed by atoms with Crippen LogP contribution in [0.3, 0.4) is 0 Å². The summed E-state index contributed by atoms with van der Waals surface area (Å²) in [7, 11) is 0. The van der Waals surface area contributed by atoms with Crippen LogP contribution < -0.4 is 10.6 Å². The highest BCUT2D eigenvalue weighted by Crippen LogP contribution is 2.43. The number of fused-ring (bicyclic) bond motifs is 2. The lowest BCUT2D eigenvalue weighted by Crippen LogP contribution is -2.45. The zero-order valence-corrected chi connectivity index (χ0v) is 23.5. The molecule has 0 spiro atoms. The molecule has 0 unspecified atom stereocenters. The van der Waals surface area contributed by atoms with Gasteiger partial charge >= 0.3 is 0 Å². The predicted octanol–water partition coefficient (Wildman–Crippen LogP) is 5.34. The van der Waals surface area contributed by atoms with E-state index in [4.69, 9.17) is 0 Å². The first-order chi connectivity index (χ1) is 17.8. The fourth-order valence-electron chi connectivity index (χ4n) is 6.87. The Morgan fingerprint density at radius 3 is 2.41 bits per heavy atom. The Morgan fingerprint density at radius 2 is 1.76 bits per heavy atom. The van der Waals surface area contributed by atoms with Crippen LogP contribution in [0.25, 0.3) is 0 Å². The molecule has 1 aliphatic carbocycles. The van der Waals surface area contributed by atoms with Crippen LogP contribution in [0.2, 0.25) is 0 Å². The van der Waals surface area contributed by atoms with E-state index in [1.807, 2.05) is 6.07 Å². The third-order valence-corrected chi connectivity index (χ3v) is 9.74. The molecule has 2 bridgehead atoms. The average molecular weight is 527 g/mol. The number of rotatable bonds is 9. The van der Waals surface area contributed by atoms with Gasteiger partial charge in [-0.15, -0.1) is 21.5 Å². The second-order valence-corrected chi connectivity index (χ2v) is 12.7. The molecule has 3 fully saturated rings. The Morgan fingerprint density at radius 1 is 1.05 bits per heavy atom. The van der Waals surface area contributed by atoms with Gasteiger partial charge in [-0.3, -0.25) is 14.5 Å². The molecule has 4 heterocycles. The highest BCUT2D eigenvalue weighted by atomic mass is 32.1. The summed E-state index contributed by atoms with van der Waals surface area (Å²) in [6, 6.07) is 5.60. The number of hydrogen-bond acceptors (Lipinski definition) is 6. The lowest BCUT2D eigenvalue weighted by Gasteiger charge is -2.40. The molecule has 2 aliphatic heterocycles. The minimum absolute atomic E-state index is 0.0228. The highest BCUT2D eigenvalue weighted by Gasteiger charge is 2.42. The van der Waals surface area contributed by atoms with Crippen molar-refractivity contribution < 1.29 is 9.59 Å². The zero-order valence-electron chi connectivity index (χ0n) is 22.7. The SMILES string of the molecule is CC(=O)Nc1ccc([C@H](CCN2[C@@H]3CC[C@H]2C[C@H](n2c(C)nnc2C(C)C)C3)NC(=O)C2CCCC2)s1. The van der Waals surface area contributed by atoms with Crippen molar-refractivity contribution >= 4 is 28.2 Å². The molecule has 3 aliphatic rings. The number of nitrogens with one attached hydrogen (secondary N) is 2. The van der Waals surface area contributed by atoms with Gasteiger partial charge in [0, 0.05) is 48.3 Å². The molecule has 0 radical (unpaired) electrons. The Balaban J connectivity index is 1.27. The smallest absolute Gasteiger partial charge is 0.223 e. The molecule has 1 saturated carbocycles. The molecule has 37 heavy (non-hydrogen) atoms. The molecular formula is C28H42N6O2S. The molecule has 2 N–H and O–H groups in total. The second kappa shape index (κ2) is 11.2. The number of carbonyl (C=O) groups excluding carboxylic acids is 2. The number of thiophene rings is 1. The number of aromatic nitrogens is 3. The Labute approximate surface area is 224 Å². The summed E-state index contributed by atoms with van der Waals surface area (Å²) in [5, 5.41) is 16.0. The average Bonchev–Trinajstić information content (AvgIpc) is 3.64. The molecular weight excluding hydrogens is 484 g/mol. The van der Waals surface area contributed by atoms with Gasteiger partial charge in [0.2, 0.25) is 11.8 Å². The maximum absolute atomic E-state index is 13.1. The monoisotopic (exact) mass is 526 g/mol. The van der Waals surface area contributed by atoms with E-state index in [2.05, 4.69) is 57.1 Å². The van der Waals surface area contributed by atoms with Gasteiger partial charge in [0.05, 0.1) is 11.0 Å². The third-order valence-electron chi connectivity index (χ3n) is 8.62. The molecule has 8 nitrogen and oxygen atoms in total. The number of carbonyl (C=O) groups is 2. The quantitative estimate of drug-likeness (QED) is 0.460. The van der Waals surface area contributed by atoms with Crippen molar-refractivity contribution in [1.82, 2.24) is 25.0 Å². The molecule has 4 atom stereocenters. The van der Waals surface area contributed by atoms with E-state index in [1.165, 1.54) is 19.8 Å². The van der Waals surface area contributed by atoms with E-state index in [9.17, 15) is 9.59 Å². The standard InChI is InChI=1S/C28H42N6O2S/c1-17(2)27-32-31-18(3)34(27)23-15-21-9-10-22(16-23)33(21)14-13-24(30-28(36)20-7-5-6-8-20)25-11-12-26(37-25)29-19(4)35/h11-12,17,20-24H,5-10,13-16H2,1-4H3,(H,29,35)(H,30,36)/t21-,22+,23-,24-/m0/s1. The minimum atomic E-state index is -0.0664. The van der Waals surface area contributed by atoms with Gasteiger partial charge in [-0.25, -0.2) is 0 Å². The van der Waals surface area contributed by atoms with Crippen LogP contribution in [0.4, 0.5) is 5.00 Å². The molecule has 0 aromatic carbocycles. The molecule has 2 aromatic heterocycles. The van der Waals surface area contributed by atoms with Crippen LogP contribution >= 0.6 is 11.3 Å². The molecule has 2 amide bonds. The summed E-state index contributed by atoms with van der Waals surface area (Å²) in [6.07, 6.45) is 9.94. The summed E-state index contributed by atoms with van der Waals surface area (Å²) in [5.41, 5.74) is 0. The Hall–Kier alpha value is -2.26. The Bertz CT molecular complexity index is 1090. The number of amides is 2. The van der Waals surface area contributed by atoms with Crippen molar-refractivity contribution in [2.45, 2.75) is 116 Å². The fraction of sp³-hybridized carbons (Fsp3) is 0.714. The maximum Gasteiger partial charge on any atom is 0.223 e. The summed E-state index contributed by atoms with van der Waals surface area (Å²) in [4.78, 5) is 28.5. The van der Waals surface area contributed by atoms with Crippen molar-refractivity contribution in [3.05, 3.63) is 28.7 Å². The van der Waals surface area contributed by atoms with E-state index in [0.29, 0.717) is 24.0 Å². The summed E-state index contributed by atoms with van der Waals surface area (Å²) >= 11 is 1.58. The lowest BCUT2D eigenvalue weighted by molar-refractivity contribution is -0.125. The van der Waals surface area contributed by atoms with E-state index < -0.39 is 0 Å². The Kier molecular flexibility index (Phi) is 8.00. The predicted molar refractivity (Wildman–Crippen MR) is 147 cm³/mol. The van der Waals surface area contributed by atoms with Crippen molar-refractivity contribution in [2.24, 2.45) is 5.92 Å². The molecule has 2 aromatic rings. The lowest BCUT2D eigenvalue weighted by atomic mass is 9.95. The van der Waals surface area contributed by atoms with Crippen LogP contribution in [0.5, 0.6) is 0 Å². The normalized spacial score (nSPS) is 25.1. The molecule has 202 valence electrons. The summed E-state index contributed by atoms with van der Waals surface area (Å²) in [5.74, 6) is 2.79. The fourth-order valence-corrected chi connectivity index (χ4v) is 7.91. The van der Waals surface area contributed by atoms with Crippen LogP contribution in [0, 0.1) is 12.8 Å². The zero-order chi connectivity index (χ0) is 26.1. The molecule has 5 rings (SSSR count). The van der Waals surface area contributed by atoms with Crippen molar-refractivity contribution in [3.63, 3.8) is 0 Å². The van der Waals surface area contributed by atoms with Crippen LogP contribution in [-0.4, -0.2) is 50.1 Å². The number of aryl methyl sites for hydroxylation is 1. The van der Waals surface area contributed by atoms with Crippen molar-refractivity contribution in [3.8, 4) is 0 Å². The van der Waals surface area contributed by atoms with Gasteiger partial charge in [0.1, 0.15) is 11.6 Å². The summed E-state index contributed by atoms with van der Waals surface area (Å²) < 4.78 is 2.41. The van der Waals surface area contributed by atoms with Gasteiger partial charge in [-0.2, -0.15) is 0 Å². The minimum Gasteiger partial charge on any atom is -0.348 e. The number of anilines is 1. The molecule has 2 saturated heterocycles. The summed E-state index contributed by atoms with van der Waals surface area (Å²) in [6.45, 7) is 8.99. The second-order valence-electron chi connectivity index (χ2n) is 11.6. The first-order valence-electron chi connectivity index (χ1n) is 14.1. The topological polar surface area (TPSA) is 92.2 Å². The highest BCUT2D eigenvalue weighted by molar-refractivity contribution is 7.16. The van der Waals surface area contributed by atoms with E-state index in [-0.39, 0.29) is 23.8 Å². The number of piperidine rings is 1. The van der Waals surface area contributed by atoms with Gasteiger partial charge in [-0.05, 0) is 64.0 Å². The first kappa shape index (κ1) is 26.4. The third kappa shape index (κ3) is 5.77. The van der Waals surface area contributed by atoms with Crippen molar-refractivity contribution in [1.29, 1.82) is 0 Å². The maximum atomic E-state index is 13.1. The first-order valence-corrected chi connectivity index (χ1v) is 15.0.